The molecule has 1 amide bonds. The zero-order chi connectivity index (χ0) is 17.0. The molecule has 1 aliphatic rings. The number of carbonyl (C=O) groups excluding carboxylic acids is 1. The van der Waals surface area contributed by atoms with E-state index in [0.29, 0.717) is 13.1 Å². The number of benzene rings is 1. The summed E-state index contributed by atoms with van der Waals surface area (Å²) in [7, 11) is 0. The predicted molar refractivity (Wildman–Crippen MR) is 86.6 cm³/mol. The molecule has 1 fully saturated rings. The third-order valence-corrected chi connectivity index (χ3v) is 4.09. The largest absolute Gasteiger partial charge is 0.474 e. The Hall–Kier alpha value is -2.15. The van der Waals surface area contributed by atoms with E-state index < -0.39 is 11.0 Å². The van der Waals surface area contributed by atoms with Gasteiger partial charge in [0.05, 0.1) is 4.92 Å². The zero-order valence-electron chi connectivity index (χ0n) is 13.8. The van der Waals surface area contributed by atoms with Gasteiger partial charge in [0.2, 0.25) is 0 Å². The van der Waals surface area contributed by atoms with Gasteiger partial charge in [-0.2, -0.15) is 0 Å². The summed E-state index contributed by atoms with van der Waals surface area (Å²) in [4.78, 5) is 27.1. The van der Waals surface area contributed by atoms with Crippen molar-refractivity contribution in [2.45, 2.75) is 26.9 Å². The number of carbonyl (C=O) groups is 1. The summed E-state index contributed by atoms with van der Waals surface area (Å²) in [5, 5.41) is 11.1. The Bertz CT molecular complexity index is 583. The highest BCUT2D eigenvalue weighted by Gasteiger charge is 2.27. The average Bonchev–Trinajstić information content (AvgIpc) is 2.55. The van der Waals surface area contributed by atoms with Crippen molar-refractivity contribution in [1.29, 1.82) is 0 Å². The number of hydrogen-bond donors (Lipinski definition) is 0. The molecule has 0 bridgehead atoms. The number of piperazine rings is 1. The maximum absolute atomic E-state index is 12.5. The van der Waals surface area contributed by atoms with Gasteiger partial charge < -0.3 is 14.5 Å². The molecule has 0 spiro atoms. The standard InChI is InChI=1S/C16H23N3O4/c1-4-17-7-9-18(10-8-17)16(20)13(3)23-15-6-5-12(2)11-14(15)19(21)22/h5-6,11,13H,4,7-10H2,1-3H3/t13-/m0/s1. The van der Waals surface area contributed by atoms with Crippen molar-refractivity contribution in [1.82, 2.24) is 9.80 Å². The molecule has 0 aromatic heterocycles. The van der Waals surface area contributed by atoms with Crippen LogP contribution in [0.5, 0.6) is 5.75 Å². The molecule has 2 rings (SSSR count). The van der Waals surface area contributed by atoms with E-state index in [0.717, 1.165) is 25.2 Å². The Morgan fingerprint density at radius 1 is 1.35 bits per heavy atom. The summed E-state index contributed by atoms with van der Waals surface area (Å²) < 4.78 is 5.58. The lowest BCUT2D eigenvalue weighted by Gasteiger charge is -2.35. The van der Waals surface area contributed by atoms with Gasteiger partial charge in [0.15, 0.2) is 11.9 Å². The van der Waals surface area contributed by atoms with Crippen molar-refractivity contribution >= 4 is 11.6 Å². The minimum absolute atomic E-state index is 0.111. The topological polar surface area (TPSA) is 75.9 Å². The van der Waals surface area contributed by atoms with E-state index in [1.165, 1.54) is 6.07 Å². The SMILES string of the molecule is CCN1CCN(C(=O)[C@H](C)Oc2ccc(C)cc2[N+](=O)[O-])CC1. The van der Waals surface area contributed by atoms with E-state index in [9.17, 15) is 14.9 Å². The van der Waals surface area contributed by atoms with Crippen LogP contribution in [0.15, 0.2) is 18.2 Å². The Kier molecular flexibility index (Phi) is 5.54. The summed E-state index contributed by atoms with van der Waals surface area (Å²) in [5.41, 5.74) is 0.666. The second-order valence-corrected chi connectivity index (χ2v) is 5.75. The van der Waals surface area contributed by atoms with Crippen LogP contribution in [0, 0.1) is 17.0 Å². The molecular weight excluding hydrogens is 298 g/mol. The normalized spacial score (nSPS) is 16.9. The van der Waals surface area contributed by atoms with Crippen LogP contribution in [0.2, 0.25) is 0 Å². The first-order valence-electron chi connectivity index (χ1n) is 7.85. The molecule has 1 aromatic carbocycles. The Labute approximate surface area is 136 Å². The monoisotopic (exact) mass is 321 g/mol. The van der Waals surface area contributed by atoms with E-state index in [2.05, 4.69) is 11.8 Å². The maximum Gasteiger partial charge on any atom is 0.311 e. The van der Waals surface area contributed by atoms with Crippen LogP contribution in [0.1, 0.15) is 19.4 Å². The molecule has 1 saturated heterocycles. The highest BCUT2D eigenvalue weighted by molar-refractivity contribution is 5.81. The van der Waals surface area contributed by atoms with Crippen LogP contribution in [0.3, 0.4) is 0 Å². The third-order valence-electron chi connectivity index (χ3n) is 4.09. The van der Waals surface area contributed by atoms with Crippen LogP contribution in [0.4, 0.5) is 5.69 Å². The number of likely N-dealkylation sites (N-methyl/N-ethyl adjacent to an activating group) is 1. The number of nitro benzene ring substituents is 1. The first kappa shape index (κ1) is 17.2. The Morgan fingerprint density at radius 2 is 2.00 bits per heavy atom. The van der Waals surface area contributed by atoms with Crippen molar-refractivity contribution in [2.24, 2.45) is 0 Å². The first-order chi connectivity index (χ1) is 10.9. The maximum atomic E-state index is 12.5. The smallest absolute Gasteiger partial charge is 0.311 e. The van der Waals surface area contributed by atoms with Crippen molar-refractivity contribution in [3.05, 3.63) is 33.9 Å². The van der Waals surface area contributed by atoms with Gasteiger partial charge in [-0.05, 0) is 32.0 Å². The van der Waals surface area contributed by atoms with Gasteiger partial charge in [0.1, 0.15) is 0 Å². The lowest BCUT2D eigenvalue weighted by atomic mass is 10.2. The molecule has 126 valence electrons. The highest BCUT2D eigenvalue weighted by atomic mass is 16.6. The molecule has 0 aliphatic carbocycles. The van der Waals surface area contributed by atoms with E-state index in [4.69, 9.17) is 4.74 Å². The number of aryl methyl sites for hydroxylation is 1. The third kappa shape index (κ3) is 4.19. The fourth-order valence-corrected chi connectivity index (χ4v) is 2.65. The van der Waals surface area contributed by atoms with Gasteiger partial charge in [0.25, 0.3) is 5.91 Å². The van der Waals surface area contributed by atoms with Crippen LogP contribution >= 0.6 is 0 Å². The van der Waals surface area contributed by atoms with E-state index in [1.54, 1.807) is 30.9 Å². The zero-order valence-corrected chi connectivity index (χ0v) is 13.8. The molecule has 7 nitrogen and oxygen atoms in total. The van der Waals surface area contributed by atoms with Crippen molar-refractivity contribution < 1.29 is 14.5 Å². The number of ether oxygens (including phenoxy) is 1. The molecule has 1 atom stereocenters. The van der Waals surface area contributed by atoms with Gasteiger partial charge >= 0.3 is 5.69 Å². The number of nitrogens with zero attached hydrogens (tertiary/aromatic N) is 3. The summed E-state index contributed by atoms with van der Waals surface area (Å²) in [5.74, 6) is 0.00395. The minimum atomic E-state index is -0.746. The number of amides is 1. The van der Waals surface area contributed by atoms with Gasteiger partial charge in [-0.15, -0.1) is 0 Å². The molecule has 0 unspecified atom stereocenters. The second kappa shape index (κ2) is 7.41. The molecule has 1 heterocycles. The molecule has 23 heavy (non-hydrogen) atoms. The van der Waals surface area contributed by atoms with Crippen LogP contribution < -0.4 is 4.74 Å². The number of nitro groups is 1. The van der Waals surface area contributed by atoms with Gasteiger partial charge in [-0.3, -0.25) is 14.9 Å². The lowest BCUT2D eigenvalue weighted by molar-refractivity contribution is -0.386. The first-order valence-corrected chi connectivity index (χ1v) is 7.85. The minimum Gasteiger partial charge on any atom is -0.474 e. The van der Waals surface area contributed by atoms with Crippen LogP contribution in [-0.2, 0) is 4.79 Å². The van der Waals surface area contributed by atoms with E-state index in [1.807, 2.05) is 0 Å². The van der Waals surface area contributed by atoms with E-state index in [-0.39, 0.29) is 17.3 Å². The average molecular weight is 321 g/mol. The highest BCUT2D eigenvalue weighted by Crippen LogP contribution is 2.28. The Balaban J connectivity index is 2.03. The lowest BCUT2D eigenvalue weighted by Crippen LogP contribution is -2.51. The molecule has 0 saturated carbocycles. The van der Waals surface area contributed by atoms with Crippen molar-refractivity contribution in [3.8, 4) is 5.75 Å². The quantitative estimate of drug-likeness (QED) is 0.611. The Morgan fingerprint density at radius 3 is 2.57 bits per heavy atom. The van der Waals surface area contributed by atoms with Crippen molar-refractivity contribution in [3.63, 3.8) is 0 Å². The second-order valence-electron chi connectivity index (χ2n) is 5.75. The molecule has 7 heteroatoms. The molecule has 1 aromatic rings. The van der Waals surface area contributed by atoms with Crippen LogP contribution in [0.25, 0.3) is 0 Å². The van der Waals surface area contributed by atoms with Gasteiger partial charge in [-0.25, -0.2) is 0 Å². The number of hydrogen-bond acceptors (Lipinski definition) is 5. The van der Waals surface area contributed by atoms with Gasteiger partial charge in [0, 0.05) is 32.2 Å². The molecular formula is C16H23N3O4. The number of rotatable bonds is 5. The molecule has 1 aliphatic heterocycles. The summed E-state index contributed by atoms with van der Waals surface area (Å²) in [6, 6.07) is 4.73. The molecule has 0 N–H and O–H groups in total. The van der Waals surface area contributed by atoms with E-state index >= 15 is 0 Å². The predicted octanol–water partition coefficient (Wildman–Crippen LogP) is 1.83. The van der Waals surface area contributed by atoms with Crippen LogP contribution in [-0.4, -0.2) is 59.5 Å². The fourth-order valence-electron chi connectivity index (χ4n) is 2.65. The summed E-state index contributed by atoms with van der Waals surface area (Å²) >= 11 is 0. The molecule has 0 radical (unpaired) electrons. The van der Waals surface area contributed by atoms with Crippen molar-refractivity contribution in [2.75, 3.05) is 32.7 Å². The summed E-state index contributed by atoms with van der Waals surface area (Å²) in [6.07, 6.45) is -0.746. The summed E-state index contributed by atoms with van der Waals surface area (Å²) in [6.45, 7) is 9.51. The van der Waals surface area contributed by atoms with Gasteiger partial charge in [-0.1, -0.05) is 13.0 Å². The fraction of sp³-hybridized carbons (Fsp3) is 0.562.